The van der Waals surface area contributed by atoms with Gasteiger partial charge in [0.05, 0.1) is 11.8 Å². The molecule has 0 aliphatic rings. The first-order chi connectivity index (χ1) is 8.08. The molecule has 1 N–H and O–H groups in total. The zero-order valence-corrected chi connectivity index (χ0v) is 12.1. The van der Waals surface area contributed by atoms with Crippen LogP contribution in [0.2, 0.25) is 0 Å². The highest BCUT2D eigenvalue weighted by atomic mass is 79.9. The summed E-state index contributed by atoms with van der Waals surface area (Å²) < 4.78 is 5.51. The van der Waals surface area contributed by atoms with Crippen LogP contribution in [0.4, 0.5) is 0 Å². The van der Waals surface area contributed by atoms with E-state index in [4.69, 9.17) is 4.42 Å². The maximum Gasteiger partial charge on any atom is 0.256 e. The Kier molecular flexibility index (Phi) is 5.71. The molecule has 1 heterocycles. The summed E-state index contributed by atoms with van der Waals surface area (Å²) in [5.74, 6) is -0.106. The van der Waals surface area contributed by atoms with Gasteiger partial charge < -0.3 is 14.6 Å². The number of rotatable bonds is 6. The molecule has 0 saturated carbocycles. The Morgan fingerprint density at radius 2 is 2.18 bits per heavy atom. The Bertz CT molecular complexity index is 361. The van der Waals surface area contributed by atoms with E-state index < -0.39 is 0 Å². The van der Waals surface area contributed by atoms with Crippen LogP contribution in [-0.4, -0.2) is 36.5 Å². The molecule has 17 heavy (non-hydrogen) atoms. The highest BCUT2D eigenvalue weighted by Crippen LogP contribution is 2.17. The number of nitrogens with one attached hydrogen (secondary N) is 1. The van der Waals surface area contributed by atoms with Gasteiger partial charge in [-0.1, -0.05) is 13.8 Å². The molecule has 1 aromatic rings. The summed E-state index contributed by atoms with van der Waals surface area (Å²) in [6, 6.07) is 1.77. The minimum atomic E-state index is -0.106. The molecule has 96 valence electrons. The average molecular weight is 303 g/mol. The van der Waals surface area contributed by atoms with E-state index in [1.54, 1.807) is 6.07 Å². The van der Waals surface area contributed by atoms with E-state index in [1.807, 2.05) is 6.92 Å². The predicted molar refractivity (Wildman–Crippen MR) is 71.1 cm³/mol. The van der Waals surface area contributed by atoms with Crippen LogP contribution in [0.3, 0.4) is 0 Å². The molecule has 0 aliphatic carbocycles. The summed E-state index contributed by atoms with van der Waals surface area (Å²) in [5, 5.41) is 2.95. The van der Waals surface area contributed by atoms with Crippen LogP contribution in [0.1, 0.15) is 31.1 Å². The number of furan rings is 1. The minimum absolute atomic E-state index is 0.106. The van der Waals surface area contributed by atoms with Gasteiger partial charge in [-0.25, -0.2) is 0 Å². The quantitative estimate of drug-likeness (QED) is 0.878. The molecule has 0 bridgehead atoms. The Balaban J connectivity index is 2.49. The summed E-state index contributed by atoms with van der Waals surface area (Å²) in [4.78, 5) is 14.1. The fraction of sp³-hybridized carbons (Fsp3) is 0.583. The van der Waals surface area contributed by atoms with E-state index >= 15 is 0 Å². The van der Waals surface area contributed by atoms with Gasteiger partial charge in [0.2, 0.25) is 0 Å². The lowest BCUT2D eigenvalue weighted by Gasteiger charge is -2.23. The van der Waals surface area contributed by atoms with E-state index in [0.717, 1.165) is 19.6 Å². The first kappa shape index (κ1) is 14.3. The molecule has 0 aliphatic heterocycles. The van der Waals surface area contributed by atoms with Crippen LogP contribution in [0.15, 0.2) is 21.4 Å². The van der Waals surface area contributed by atoms with E-state index in [9.17, 15) is 4.79 Å². The number of carbonyl (C=O) groups excluding carboxylic acids is 1. The fourth-order valence-electron chi connectivity index (χ4n) is 1.67. The molecule has 0 saturated heterocycles. The lowest BCUT2D eigenvalue weighted by atomic mass is 10.2. The summed E-state index contributed by atoms with van der Waals surface area (Å²) in [5.41, 5.74) is 0.538. The number of carbonyl (C=O) groups is 1. The first-order valence-electron chi connectivity index (χ1n) is 5.84. The Morgan fingerprint density at radius 1 is 1.53 bits per heavy atom. The molecule has 0 fully saturated rings. The van der Waals surface area contributed by atoms with Crippen LogP contribution in [-0.2, 0) is 0 Å². The van der Waals surface area contributed by atoms with Crippen LogP contribution in [0.25, 0.3) is 0 Å². The van der Waals surface area contributed by atoms with Gasteiger partial charge in [0.15, 0.2) is 4.67 Å². The van der Waals surface area contributed by atoms with Crippen molar-refractivity contribution < 1.29 is 9.21 Å². The molecule has 1 unspecified atom stereocenters. The molecule has 1 aromatic heterocycles. The predicted octanol–water partition coefficient (Wildman–Crippen LogP) is 2.50. The monoisotopic (exact) mass is 302 g/mol. The lowest BCUT2D eigenvalue weighted by molar-refractivity contribution is 0.0928. The van der Waals surface area contributed by atoms with Crippen molar-refractivity contribution in [3.8, 4) is 0 Å². The topological polar surface area (TPSA) is 45.5 Å². The standard InChI is InChI=1S/C12H19BrN2O2/c1-4-15(5-2)8-9(3)14-12(16)10-6-7-17-11(10)13/h6-7,9H,4-5,8H2,1-3H3,(H,14,16). The highest BCUT2D eigenvalue weighted by Gasteiger charge is 2.15. The van der Waals surface area contributed by atoms with Crippen LogP contribution in [0.5, 0.6) is 0 Å². The number of amides is 1. The van der Waals surface area contributed by atoms with Gasteiger partial charge in [0.25, 0.3) is 5.91 Å². The number of halogens is 1. The average Bonchev–Trinajstić information content (AvgIpc) is 2.72. The third-order valence-electron chi connectivity index (χ3n) is 2.67. The zero-order valence-electron chi connectivity index (χ0n) is 10.5. The summed E-state index contributed by atoms with van der Waals surface area (Å²) >= 11 is 3.20. The number of nitrogens with zero attached hydrogens (tertiary/aromatic N) is 1. The third kappa shape index (κ3) is 4.16. The number of hydrogen-bond acceptors (Lipinski definition) is 3. The van der Waals surface area contributed by atoms with E-state index in [1.165, 1.54) is 6.26 Å². The Hall–Kier alpha value is -0.810. The van der Waals surface area contributed by atoms with Crippen LogP contribution < -0.4 is 5.32 Å². The van der Waals surface area contributed by atoms with Gasteiger partial charge >= 0.3 is 0 Å². The van der Waals surface area contributed by atoms with Crippen molar-refractivity contribution in [2.75, 3.05) is 19.6 Å². The summed E-state index contributed by atoms with van der Waals surface area (Å²) in [6.07, 6.45) is 1.49. The van der Waals surface area contributed by atoms with Gasteiger partial charge in [0, 0.05) is 12.6 Å². The van der Waals surface area contributed by atoms with Crippen molar-refractivity contribution in [3.05, 3.63) is 22.6 Å². The second-order valence-corrected chi connectivity index (χ2v) is 4.69. The van der Waals surface area contributed by atoms with Gasteiger partial charge in [-0.3, -0.25) is 4.79 Å². The van der Waals surface area contributed by atoms with Crippen molar-refractivity contribution in [1.82, 2.24) is 10.2 Å². The second kappa shape index (κ2) is 6.81. The minimum Gasteiger partial charge on any atom is -0.457 e. The molecule has 5 heteroatoms. The van der Waals surface area contributed by atoms with Crippen LogP contribution >= 0.6 is 15.9 Å². The number of likely N-dealkylation sites (N-methyl/N-ethyl adjacent to an activating group) is 1. The van der Waals surface area contributed by atoms with Gasteiger partial charge in [0.1, 0.15) is 0 Å². The van der Waals surface area contributed by atoms with E-state index in [2.05, 4.69) is 40.0 Å². The van der Waals surface area contributed by atoms with Crippen molar-refractivity contribution in [2.45, 2.75) is 26.8 Å². The molecule has 0 aromatic carbocycles. The fourth-order valence-corrected chi connectivity index (χ4v) is 2.09. The first-order valence-corrected chi connectivity index (χ1v) is 6.64. The van der Waals surface area contributed by atoms with Gasteiger partial charge in [-0.2, -0.15) is 0 Å². The lowest BCUT2D eigenvalue weighted by Crippen LogP contribution is -2.41. The molecule has 4 nitrogen and oxygen atoms in total. The molecular formula is C12H19BrN2O2. The zero-order chi connectivity index (χ0) is 12.8. The largest absolute Gasteiger partial charge is 0.457 e. The van der Waals surface area contributed by atoms with Crippen molar-refractivity contribution >= 4 is 21.8 Å². The second-order valence-electron chi connectivity index (χ2n) is 3.97. The molecular weight excluding hydrogens is 284 g/mol. The summed E-state index contributed by atoms with van der Waals surface area (Å²) in [6.45, 7) is 9.08. The smallest absolute Gasteiger partial charge is 0.256 e. The van der Waals surface area contributed by atoms with Gasteiger partial charge in [-0.05, 0) is 42.0 Å². The molecule has 0 spiro atoms. The van der Waals surface area contributed by atoms with E-state index in [-0.39, 0.29) is 11.9 Å². The SMILES string of the molecule is CCN(CC)CC(C)NC(=O)c1ccoc1Br. The van der Waals surface area contributed by atoms with Crippen molar-refractivity contribution in [2.24, 2.45) is 0 Å². The van der Waals surface area contributed by atoms with E-state index in [0.29, 0.717) is 10.2 Å². The van der Waals surface area contributed by atoms with Gasteiger partial charge in [-0.15, -0.1) is 0 Å². The van der Waals surface area contributed by atoms with Crippen molar-refractivity contribution in [1.29, 1.82) is 0 Å². The molecule has 0 radical (unpaired) electrons. The van der Waals surface area contributed by atoms with Crippen LogP contribution in [0, 0.1) is 0 Å². The maximum absolute atomic E-state index is 11.9. The maximum atomic E-state index is 11.9. The Labute approximate surface area is 110 Å². The molecule has 1 rings (SSSR count). The van der Waals surface area contributed by atoms with Crippen molar-refractivity contribution in [3.63, 3.8) is 0 Å². The molecule has 1 atom stereocenters. The summed E-state index contributed by atoms with van der Waals surface area (Å²) in [7, 11) is 0. The Morgan fingerprint density at radius 3 is 2.65 bits per heavy atom. The highest BCUT2D eigenvalue weighted by molar-refractivity contribution is 9.10. The molecule has 1 amide bonds. The normalized spacial score (nSPS) is 12.8. The number of hydrogen-bond donors (Lipinski definition) is 1. The third-order valence-corrected chi connectivity index (χ3v) is 3.28.